The van der Waals surface area contributed by atoms with Crippen LogP contribution in [0.3, 0.4) is 0 Å². The van der Waals surface area contributed by atoms with Crippen molar-refractivity contribution in [1.82, 2.24) is 0 Å². The molecule has 1 saturated carbocycles. The molecule has 3 atom stereocenters. The van der Waals surface area contributed by atoms with Crippen LogP contribution in [-0.4, -0.2) is 10.7 Å². The summed E-state index contributed by atoms with van der Waals surface area (Å²) in [6.07, 6.45) is 9.30. The minimum atomic E-state index is -0.0256. The molecular formula is C20H30O2. The van der Waals surface area contributed by atoms with Gasteiger partial charge in [0.2, 0.25) is 0 Å². The van der Waals surface area contributed by atoms with E-state index in [0.29, 0.717) is 11.7 Å². The topological polar surface area (TPSA) is 29.5 Å². The van der Waals surface area contributed by atoms with Gasteiger partial charge >= 0.3 is 0 Å². The van der Waals surface area contributed by atoms with Crippen LogP contribution in [0.5, 0.6) is 11.5 Å². The number of phenols is 1. The van der Waals surface area contributed by atoms with Gasteiger partial charge in [-0.25, -0.2) is 0 Å². The van der Waals surface area contributed by atoms with Gasteiger partial charge in [0.1, 0.15) is 17.1 Å². The molecule has 122 valence electrons. The number of rotatable bonds is 5. The number of aryl methyl sites for hydroxylation is 1. The first-order valence-electron chi connectivity index (χ1n) is 9.11. The molecule has 0 amide bonds. The van der Waals surface area contributed by atoms with Crippen LogP contribution in [0.4, 0.5) is 0 Å². The first-order chi connectivity index (χ1) is 10.6. The van der Waals surface area contributed by atoms with Gasteiger partial charge in [0.25, 0.3) is 0 Å². The number of phenolic OH excluding ortho intramolecular Hbond substituents is 1. The van der Waals surface area contributed by atoms with Crippen LogP contribution in [0.1, 0.15) is 70.4 Å². The zero-order valence-corrected chi connectivity index (χ0v) is 14.3. The Morgan fingerprint density at radius 3 is 2.82 bits per heavy atom. The molecule has 1 unspecified atom stereocenters. The van der Waals surface area contributed by atoms with E-state index >= 15 is 0 Å². The third-order valence-corrected chi connectivity index (χ3v) is 5.97. The van der Waals surface area contributed by atoms with E-state index in [2.05, 4.69) is 26.8 Å². The molecule has 2 aliphatic rings. The van der Waals surface area contributed by atoms with Crippen LogP contribution >= 0.6 is 0 Å². The Hall–Kier alpha value is -1.18. The molecule has 1 N–H and O–H groups in total. The van der Waals surface area contributed by atoms with E-state index in [1.807, 2.05) is 6.07 Å². The maximum Gasteiger partial charge on any atom is 0.127 e. The molecule has 1 heterocycles. The Morgan fingerprint density at radius 1 is 1.27 bits per heavy atom. The zero-order valence-electron chi connectivity index (χ0n) is 14.3. The number of unbranched alkanes of at least 4 members (excludes halogenated alkanes) is 2. The molecule has 2 nitrogen and oxygen atoms in total. The van der Waals surface area contributed by atoms with Gasteiger partial charge < -0.3 is 9.84 Å². The summed E-state index contributed by atoms with van der Waals surface area (Å²) in [6.45, 7) is 6.78. The van der Waals surface area contributed by atoms with E-state index in [1.54, 1.807) is 0 Å². The molecule has 1 aliphatic heterocycles. The SMILES string of the molecule is CCCCCc1cc(O)c2c(c1)OC1(C)CC[C@H](CC)[C@@H]1C2. The van der Waals surface area contributed by atoms with Crippen molar-refractivity contribution in [3.05, 3.63) is 23.3 Å². The van der Waals surface area contributed by atoms with Crippen molar-refractivity contribution in [2.45, 2.75) is 77.7 Å². The monoisotopic (exact) mass is 302 g/mol. The molecule has 0 saturated heterocycles. The van der Waals surface area contributed by atoms with Gasteiger partial charge in [0.15, 0.2) is 0 Å². The van der Waals surface area contributed by atoms with E-state index in [4.69, 9.17) is 4.74 Å². The van der Waals surface area contributed by atoms with Crippen LogP contribution in [0, 0.1) is 11.8 Å². The molecule has 1 fully saturated rings. The minimum absolute atomic E-state index is 0.0256. The van der Waals surface area contributed by atoms with E-state index in [1.165, 1.54) is 37.7 Å². The third-order valence-electron chi connectivity index (χ3n) is 5.97. The summed E-state index contributed by atoms with van der Waals surface area (Å²) >= 11 is 0. The van der Waals surface area contributed by atoms with Crippen molar-refractivity contribution in [2.75, 3.05) is 0 Å². The van der Waals surface area contributed by atoms with Gasteiger partial charge in [-0.05, 0) is 62.6 Å². The normalized spacial score (nSPS) is 29.8. The lowest BCUT2D eigenvalue weighted by Gasteiger charge is -2.40. The Bertz CT molecular complexity index is 537. The average Bonchev–Trinajstić information content (AvgIpc) is 2.81. The van der Waals surface area contributed by atoms with Gasteiger partial charge in [0.05, 0.1) is 0 Å². The lowest BCUT2D eigenvalue weighted by Crippen LogP contribution is -2.42. The second kappa shape index (κ2) is 6.14. The zero-order chi connectivity index (χ0) is 15.7. The van der Waals surface area contributed by atoms with Crippen LogP contribution < -0.4 is 4.74 Å². The van der Waals surface area contributed by atoms with Gasteiger partial charge in [0, 0.05) is 11.5 Å². The van der Waals surface area contributed by atoms with Crippen molar-refractivity contribution < 1.29 is 9.84 Å². The smallest absolute Gasteiger partial charge is 0.127 e. The van der Waals surface area contributed by atoms with Crippen LogP contribution in [-0.2, 0) is 12.8 Å². The van der Waals surface area contributed by atoms with Gasteiger partial charge in [-0.3, -0.25) is 0 Å². The predicted molar refractivity (Wildman–Crippen MR) is 90.6 cm³/mol. The fourth-order valence-corrected chi connectivity index (χ4v) is 4.53. The lowest BCUT2D eigenvalue weighted by atomic mass is 9.78. The van der Waals surface area contributed by atoms with E-state index in [-0.39, 0.29) is 5.60 Å². The highest BCUT2D eigenvalue weighted by Gasteiger charge is 2.49. The standard InChI is InChI=1S/C20H30O2/c1-4-6-7-8-14-11-18(21)16-13-17-15(5-2)9-10-20(17,3)22-19(16)12-14/h11-12,15,17,21H,4-10,13H2,1-3H3/t15-,17-,20?/m0/s1. The summed E-state index contributed by atoms with van der Waals surface area (Å²) in [4.78, 5) is 0. The Balaban J connectivity index is 1.85. The van der Waals surface area contributed by atoms with Crippen molar-refractivity contribution in [3.63, 3.8) is 0 Å². The molecular weight excluding hydrogens is 272 g/mol. The molecule has 0 spiro atoms. The van der Waals surface area contributed by atoms with Crippen molar-refractivity contribution in [2.24, 2.45) is 11.8 Å². The van der Waals surface area contributed by atoms with E-state index in [9.17, 15) is 5.11 Å². The molecule has 0 bridgehead atoms. The molecule has 1 aromatic carbocycles. The van der Waals surface area contributed by atoms with Gasteiger partial charge in [-0.15, -0.1) is 0 Å². The summed E-state index contributed by atoms with van der Waals surface area (Å²) in [6, 6.07) is 4.15. The van der Waals surface area contributed by atoms with Crippen molar-refractivity contribution in [1.29, 1.82) is 0 Å². The fourth-order valence-electron chi connectivity index (χ4n) is 4.53. The summed E-state index contributed by atoms with van der Waals surface area (Å²) in [5.41, 5.74) is 2.24. The summed E-state index contributed by atoms with van der Waals surface area (Å²) in [5, 5.41) is 10.5. The maximum atomic E-state index is 10.5. The number of aromatic hydroxyl groups is 1. The average molecular weight is 302 g/mol. The Morgan fingerprint density at radius 2 is 2.09 bits per heavy atom. The van der Waals surface area contributed by atoms with Crippen LogP contribution in [0.25, 0.3) is 0 Å². The molecule has 2 heteroatoms. The quantitative estimate of drug-likeness (QED) is 0.752. The highest BCUT2D eigenvalue weighted by atomic mass is 16.5. The predicted octanol–water partition coefficient (Wildman–Crippen LogP) is 5.25. The van der Waals surface area contributed by atoms with Crippen LogP contribution in [0.2, 0.25) is 0 Å². The Labute approximate surface area is 134 Å². The molecule has 0 aromatic heterocycles. The number of fused-ring (bicyclic) bond motifs is 2. The first-order valence-corrected chi connectivity index (χ1v) is 9.11. The summed E-state index contributed by atoms with van der Waals surface area (Å²) in [5.74, 6) is 2.69. The molecule has 22 heavy (non-hydrogen) atoms. The van der Waals surface area contributed by atoms with E-state index < -0.39 is 0 Å². The van der Waals surface area contributed by atoms with E-state index in [0.717, 1.165) is 36.5 Å². The second-order valence-corrected chi connectivity index (χ2v) is 7.48. The van der Waals surface area contributed by atoms with Crippen LogP contribution in [0.15, 0.2) is 12.1 Å². The number of ether oxygens (including phenoxy) is 1. The number of benzene rings is 1. The number of hydrogen-bond donors (Lipinski definition) is 1. The largest absolute Gasteiger partial charge is 0.508 e. The summed E-state index contributed by atoms with van der Waals surface area (Å²) in [7, 11) is 0. The molecule has 1 aromatic rings. The number of hydrogen-bond acceptors (Lipinski definition) is 2. The highest BCUT2D eigenvalue weighted by Crippen LogP contribution is 2.52. The maximum absolute atomic E-state index is 10.5. The lowest BCUT2D eigenvalue weighted by molar-refractivity contribution is 0.0189. The third kappa shape index (κ3) is 2.73. The van der Waals surface area contributed by atoms with Gasteiger partial charge in [-0.2, -0.15) is 0 Å². The first kappa shape index (κ1) is 15.7. The fraction of sp³-hybridized carbons (Fsp3) is 0.700. The summed E-state index contributed by atoms with van der Waals surface area (Å²) < 4.78 is 6.44. The Kier molecular flexibility index (Phi) is 4.38. The minimum Gasteiger partial charge on any atom is -0.508 e. The molecule has 3 rings (SSSR count). The second-order valence-electron chi connectivity index (χ2n) is 7.48. The van der Waals surface area contributed by atoms with Crippen molar-refractivity contribution in [3.8, 4) is 11.5 Å². The highest BCUT2D eigenvalue weighted by molar-refractivity contribution is 5.49. The van der Waals surface area contributed by atoms with Gasteiger partial charge in [-0.1, -0.05) is 33.1 Å². The van der Waals surface area contributed by atoms with Crippen molar-refractivity contribution >= 4 is 0 Å². The molecule has 0 radical (unpaired) electrons. The molecule has 1 aliphatic carbocycles.